The van der Waals surface area contributed by atoms with Gasteiger partial charge in [-0.2, -0.15) is 0 Å². The molecule has 0 radical (unpaired) electrons. The Hall–Kier alpha value is -1.96. The van der Waals surface area contributed by atoms with Crippen LogP contribution in [-0.4, -0.2) is 21.1 Å². The third kappa shape index (κ3) is 2.65. The van der Waals surface area contributed by atoms with Gasteiger partial charge in [-0.15, -0.1) is 0 Å². The predicted octanol–water partition coefficient (Wildman–Crippen LogP) is 3.83. The maximum atomic E-state index is 2.21. The third-order valence-corrected chi connectivity index (χ3v) is 3.12. The van der Waals surface area contributed by atoms with Crippen LogP contribution in [0.2, 0.25) is 0 Å². The van der Waals surface area contributed by atoms with Crippen LogP contribution < -0.4 is 9.80 Å². The van der Waals surface area contributed by atoms with E-state index in [-0.39, 0.29) is 0 Å². The van der Waals surface area contributed by atoms with Gasteiger partial charge in [-0.25, -0.2) is 0 Å². The highest BCUT2D eigenvalue weighted by molar-refractivity contribution is 5.67. The number of hydrogen-bond donors (Lipinski definition) is 0. The largest absolute Gasteiger partial charge is 0.378 e. The second kappa shape index (κ2) is 5.13. The monoisotopic (exact) mass is 240 g/mol. The summed E-state index contributed by atoms with van der Waals surface area (Å²) in [5.74, 6) is 0. The maximum absolute atomic E-state index is 2.21. The molecule has 18 heavy (non-hydrogen) atoms. The Balaban J connectivity index is 2.33. The van der Waals surface area contributed by atoms with Crippen molar-refractivity contribution in [1.29, 1.82) is 0 Å². The minimum absolute atomic E-state index is 1.20. The first kappa shape index (κ1) is 12.5. The Morgan fingerprint density at radius 3 is 1.89 bits per heavy atom. The van der Waals surface area contributed by atoms with Gasteiger partial charge in [0.25, 0.3) is 0 Å². The summed E-state index contributed by atoms with van der Waals surface area (Å²) >= 11 is 0. The summed E-state index contributed by atoms with van der Waals surface area (Å²) in [6.07, 6.45) is 0. The van der Waals surface area contributed by atoms with Crippen molar-refractivity contribution in [2.45, 2.75) is 6.92 Å². The molecule has 0 fully saturated rings. The minimum atomic E-state index is 1.20. The van der Waals surface area contributed by atoms with Crippen LogP contribution in [0, 0.1) is 6.92 Å². The second-order valence-corrected chi connectivity index (χ2v) is 4.81. The van der Waals surface area contributed by atoms with Crippen molar-refractivity contribution in [3.8, 4) is 0 Å². The number of benzene rings is 2. The smallest absolute Gasteiger partial charge is 0.0428 e. The summed E-state index contributed by atoms with van der Waals surface area (Å²) in [5, 5.41) is 0. The molecule has 0 bridgehead atoms. The lowest BCUT2D eigenvalue weighted by Crippen LogP contribution is -2.12. The molecule has 0 saturated carbocycles. The second-order valence-electron chi connectivity index (χ2n) is 4.81. The van der Waals surface area contributed by atoms with Crippen LogP contribution in [0.1, 0.15) is 5.56 Å². The Labute approximate surface area is 109 Å². The van der Waals surface area contributed by atoms with Gasteiger partial charge in [0, 0.05) is 38.2 Å². The average Bonchev–Trinajstić information content (AvgIpc) is 2.38. The molecule has 0 heterocycles. The van der Waals surface area contributed by atoms with Gasteiger partial charge in [0.05, 0.1) is 0 Å². The molecule has 2 heteroatoms. The molecule has 94 valence electrons. The van der Waals surface area contributed by atoms with Crippen molar-refractivity contribution >= 4 is 17.1 Å². The molecule has 0 amide bonds. The molecule has 0 saturated heterocycles. The summed E-state index contributed by atoms with van der Waals surface area (Å²) in [5.41, 5.74) is 4.91. The highest BCUT2D eigenvalue weighted by Gasteiger charge is 2.05. The standard InChI is InChI=1S/C16H20N2/c1-13-7-5-9-15(11-13)18(4)16-10-6-8-14(12-16)17(2)3/h5-12H,1-4H3. The fourth-order valence-electron chi connectivity index (χ4n) is 1.97. The Morgan fingerprint density at radius 1 is 0.722 bits per heavy atom. The van der Waals surface area contributed by atoms with Crippen LogP contribution in [0.4, 0.5) is 17.1 Å². The van der Waals surface area contributed by atoms with Gasteiger partial charge in [0.2, 0.25) is 0 Å². The summed E-state index contributed by atoms with van der Waals surface area (Å²) < 4.78 is 0. The minimum Gasteiger partial charge on any atom is -0.378 e. The van der Waals surface area contributed by atoms with Gasteiger partial charge in [0.15, 0.2) is 0 Å². The third-order valence-electron chi connectivity index (χ3n) is 3.12. The van der Waals surface area contributed by atoms with Crippen LogP contribution in [0.3, 0.4) is 0 Å². The molecular formula is C16H20N2. The lowest BCUT2D eigenvalue weighted by Gasteiger charge is -2.22. The average molecular weight is 240 g/mol. The van der Waals surface area contributed by atoms with Crippen LogP contribution in [0.25, 0.3) is 0 Å². The van der Waals surface area contributed by atoms with E-state index in [0.29, 0.717) is 0 Å². The van der Waals surface area contributed by atoms with E-state index in [0.717, 1.165) is 0 Å². The number of nitrogens with zero attached hydrogens (tertiary/aromatic N) is 2. The van der Waals surface area contributed by atoms with Crippen molar-refractivity contribution in [3.63, 3.8) is 0 Å². The summed E-state index contributed by atoms with van der Waals surface area (Å²) in [6, 6.07) is 17.1. The van der Waals surface area contributed by atoms with Crippen LogP contribution in [0.5, 0.6) is 0 Å². The topological polar surface area (TPSA) is 6.48 Å². The first-order valence-corrected chi connectivity index (χ1v) is 6.16. The van der Waals surface area contributed by atoms with E-state index in [9.17, 15) is 0 Å². The first-order valence-electron chi connectivity index (χ1n) is 6.16. The van der Waals surface area contributed by atoms with E-state index >= 15 is 0 Å². The molecule has 0 aliphatic rings. The Kier molecular flexibility index (Phi) is 3.56. The molecule has 2 aromatic rings. The van der Waals surface area contributed by atoms with E-state index in [2.05, 4.69) is 86.4 Å². The van der Waals surface area contributed by atoms with Crippen molar-refractivity contribution < 1.29 is 0 Å². The van der Waals surface area contributed by atoms with E-state index in [4.69, 9.17) is 0 Å². The number of hydrogen-bond acceptors (Lipinski definition) is 2. The molecule has 0 spiro atoms. The van der Waals surface area contributed by atoms with Crippen LogP contribution in [0.15, 0.2) is 48.5 Å². The quantitative estimate of drug-likeness (QED) is 0.804. The van der Waals surface area contributed by atoms with Gasteiger partial charge in [0.1, 0.15) is 0 Å². The summed E-state index contributed by atoms with van der Waals surface area (Å²) in [6.45, 7) is 2.12. The normalized spacial score (nSPS) is 10.2. The van der Waals surface area contributed by atoms with Gasteiger partial charge < -0.3 is 9.80 Å². The van der Waals surface area contributed by atoms with Crippen LogP contribution >= 0.6 is 0 Å². The van der Waals surface area contributed by atoms with Gasteiger partial charge in [-0.1, -0.05) is 18.2 Å². The molecule has 0 atom stereocenters. The van der Waals surface area contributed by atoms with Crippen molar-refractivity contribution in [2.24, 2.45) is 0 Å². The van der Waals surface area contributed by atoms with E-state index < -0.39 is 0 Å². The molecule has 0 aliphatic carbocycles. The maximum Gasteiger partial charge on any atom is 0.0428 e. The number of anilines is 3. The van der Waals surface area contributed by atoms with Crippen molar-refractivity contribution in [1.82, 2.24) is 0 Å². The zero-order valence-electron chi connectivity index (χ0n) is 11.5. The zero-order valence-corrected chi connectivity index (χ0v) is 11.5. The van der Waals surface area contributed by atoms with E-state index in [1.807, 2.05) is 0 Å². The zero-order chi connectivity index (χ0) is 13.1. The van der Waals surface area contributed by atoms with Gasteiger partial charge in [-0.05, 0) is 42.8 Å². The highest BCUT2D eigenvalue weighted by Crippen LogP contribution is 2.27. The fourth-order valence-corrected chi connectivity index (χ4v) is 1.97. The predicted molar refractivity (Wildman–Crippen MR) is 80.0 cm³/mol. The molecule has 0 aliphatic heterocycles. The summed E-state index contributed by atoms with van der Waals surface area (Å²) in [4.78, 5) is 4.33. The number of aryl methyl sites for hydroxylation is 1. The first-order chi connectivity index (χ1) is 8.58. The Bertz CT molecular complexity index is 532. The van der Waals surface area contributed by atoms with E-state index in [1.54, 1.807) is 0 Å². The SMILES string of the molecule is Cc1cccc(N(C)c2cccc(N(C)C)c2)c1. The van der Waals surface area contributed by atoms with E-state index in [1.165, 1.54) is 22.6 Å². The fraction of sp³-hybridized carbons (Fsp3) is 0.250. The molecule has 0 unspecified atom stereocenters. The van der Waals surface area contributed by atoms with Gasteiger partial charge in [-0.3, -0.25) is 0 Å². The highest BCUT2D eigenvalue weighted by atomic mass is 15.1. The van der Waals surface area contributed by atoms with Gasteiger partial charge >= 0.3 is 0 Å². The Morgan fingerprint density at radius 2 is 1.28 bits per heavy atom. The molecule has 2 nitrogen and oxygen atoms in total. The molecule has 0 N–H and O–H groups in total. The molecule has 2 rings (SSSR count). The number of rotatable bonds is 3. The molecule has 0 aromatic heterocycles. The van der Waals surface area contributed by atoms with Crippen molar-refractivity contribution in [2.75, 3.05) is 30.9 Å². The molecular weight excluding hydrogens is 220 g/mol. The molecule has 2 aromatic carbocycles. The summed E-state index contributed by atoms with van der Waals surface area (Å²) in [7, 11) is 6.22. The lowest BCUT2D eigenvalue weighted by atomic mass is 10.2. The van der Waals surface area contributed by atoms with Crippen molar-refractivity contribution in [3.05, 3.63) is 54.1 Å². The van der Waals surface area contributed by atoms with Crippen LogP contribution in [-0.2, 0) is 0 Å². The lowest BCUT2D eigenvalue weighted by molar-refractivity contribution is 1.12.